The van der Waals surface area contributed by atoms with Crippen LogP contribution in [0.3, 0.4) is 0 Å². The monoisotopic (exact) mass is 586 g/mol. The van der Waals surface area contributed by atoms with Gasteiger partial charge in [0, 0.05) is 36.7 Å². The van der Waals surface area contributed by atoms with Crippen LogP contribution in [0.5, 0.6) is 11.5 Å². The van der Waals surface area contributed by atoms with Crippen molar-refractivity contribution in [3.63, 3.8) is 0 Å². The van der Waals surface area contributed by atoms with Gasteiger partial charge in [0.2, 0.25) is 23.3 Å². The molecule has 1 atom stereocenters. The number of nitrogens with zero attached hydrogens (tertiary/aromatic N) is 5. The van der Waals surface area contributed by atoms with E-state index >= 15 is 4.39 Å². The fraction of sp³-hybridized carbons (Fsp3) is 0.321. The van der Waals surface area contributed by atoms with Gasteiger partial charge in [-0.05, 0) is 37.8 Å². The fourth-order valence-electron chi connectivity index (χ4n) is 5.14. The van der Waals surface area contributed by atoms with Crippen molar-refractivity contribution in [3.8, 4) is 22.8 Å². The molecule has 2 N–H and O–H groups in total. The Bertz CT molecular complexity index is 1720. The van der Waals surface area contributed by atoms with Crippen molar-refractivity contribution < 1.29 is 36.3 Å². The number of nitrogens with two attached hydrogens (primary N) is 1. The molecule has 2 aromatic heterocycles. The van der Waals surface area contributed by atoms with Crippen molar-refractivity contribution >= 4 is 28.5 Å². The van der Waals surface area contributed by atoms with Crippen molar-refractivity contribution in [2.75, 3.05) is 18.8 Å². The maximum Gasteiger partial charge on any atom is 0.230 e. The van der Waals surface area contributed by atoms with E-state index in [2.05, 4.69) is 15.1 Å². The second-order valence-corrected chi connectivity index (χ2v) is 10.3. The zero-order valence-electron chi connectivity index (χ0n) is 21.9. The number of hydrogen-bond donors (Lipinski definition) is 1. The Morgan fingerprint density at radius 1 is 0.976 bits per heavy atom. The van der Waals surface area contributed by atoms with E-state index < -0.39 is 40.6 Å². The summed E-state index contributed by atoms with van der Waals surface area (Å²) in [7, 11) is 0. The minimum Gasteiger partial charge on any atom is -0.451 e. The molecule has 9 nitrogen and oxygen atoms in total. The molecule has 1 saturated carbocycles. The zero-order chi connectivity index (χ0) is 29.7. The topological polar surface area (TPSA) is 116 Å². The molecule has 4 aromatic rings. The third kappa shape index (κ3) is 5.01. The highest BCUT2D eigenvalue weighted by Crippen LogP contribution is 2.38. The van der Waals surface area contributed by atoms with Gasteiger partial charge in [-0.25, -0.2) is 27.8 Å². The van der Waals surface area contributed by atoms with E-state index in [9.17, 15) is 27.2 Å². The number of Topliss-reactive ketones (excluding diaryl/α,β-unsaturated/α-hetero) is 1. The molecule has 0 bridgehead atoms. The standard InChI is InChI=1S/C28H23F5N6O3/c29-17-8-15(42-26-23(32)18(30)9-19(31)24(26)33)5-6-16(17)25-22-27(34)35-12-36-28(22)39(37-25)14-2-1-7-38(11-14)21(41)10-20(40)13-3-4-13/h5-6,8-9,12-14H,1-4,7,10-11H2,(H2,34,35,36). The number of rotatable bonds is 7. The van der Waals surface area contributed by atoms with Gasteiger partial charge in [-0.2, -0.15) is 13.9 Å². The number of fused-ring (bicyclic) bond motifs is 1. The summed E-state index contributed by atoms with van der Waals surface area (Å²) >= 11 is 0. The number of halogens is 5. The van der Waals surface area contributed by atoms with E-state index in [1.54, 1.807) is 9.58 Å². The maximum absolute atomic E-state index is 15.4. The number of ketones is 1. The number of benzene rings is 2. The van der Waals surface area contributed by atoms with Crippen LogP contribution in [-0.4, -0.2) is 49.4 Å². The molecular weight excluding hydrogens is 563 g/mol. The van der Waals surface area contributed by atoms with Crippen molar-refractivity contribution in [2.45, 2.75) is 38.1 Å². The Labute approximate surface area is 235 Å². The number of carbonyl (C=O) groups excluding carboxylic acids is 2. The quantitative estimate of drug-likeness (QED) is 0.182. The summed E-state index contributed by atoms with van der Waals surface area (Å²) in [6.07, 6.45) is 3.98. The highest BCUT2D eigenvalue weighted by molar-refractivity contribution is 6.00. The van der Waals surface area contributed by atoms with Gasteiger partial charge < -0.3 is 15.4 Å². The van der Waals surface area contributed by atoms with Crippen LogP contribution in [0.2, 0.25) is 0 Å². The van der Waals surface area contributed by atoms with Crippen molar-refractivity contribution in [1.29, 1.82) is 0 Å². The average Bonchev–Trinajstić information content (AvgIpc) is 3.75. The molecular formula is C28H23F5N6O3. The van der Waals surface area contributed by atoms with Gasteiger partial charge in [-0.1, -0.05) is 0 Å². The summed E-state index contributed by atoms with van der Waals surface area (Å²) in [5, 5.41) is 4.83. The van der Waals surface area contributed by atoms with E-state index in [1.807, 2.05) is 0 Å². The number of nitrogen functional groups attached to an aromatic ring is 1. The highest BCUT2D eigenvalue weighted by atomic mass is 19.2. The summed E-state index contributed by atoms with van der Waals surface area (Å²) in [6, 6.07) is 2.80. The fourth-order valence-corrected chi connectivity index (χ4v) is 5.14. The average molecular weight is 587 g/mol. The van der Waals surface area contributed by atoms with E-state index in [-0.39, 0.29) is 65.1 Å². The van der Waals surface area contributed by atoms with E-state index in [4.69, 9.17) is 10.5 Å². The largest absolute Gasteiger partial charge is 0.451 e. The summed E-state index contributed by atoms with van der Waals surface area (Å²) in [5.74, 6) is -9.95. The molecule has 1 unspecified atom stereocenters. The molecule has 2 aromatic carbocycles. The molecule has 42 heavy (non-hydrogen) atoms. The first kappa shape index (κ1) is 27.5. The predicted molar refractivity (Wildman–Crippen MR) is 139 cm³/mol. The SMILES string of the molecule is Nc1ncnc2c1c(-c1ccc(Oc3c(F)c(F)cc(F)c3F)cc1F)nn2C1CCCN(C(=O)CC(=O)C2CC2)C1. The Balaban J connectivity index is 1.32. The Morgan fingerprint density at radius 2 is 1.71 bits per heavy atom. The predicted octanol–water partition coefficient (Wildman–Crippen LogP) is 5.10. The Hall–Kier alpha value is -4.62. The molecule has 0 spiro atoms. The number of likely N-dealkylation sites (tertiary alicyclic amines) is 1. The Kier molecular flexibility index (Phi) is 6.99. The van der Waals surface area contributed by atoms with Crippen molar-refractivity contribution in [2.24, 2.45) is 5.92 Å². The lowest BCUT2D eigenvalue weighted by Gasteiger charge is -2.33. The van der Waals surface area contributed by atoms with Crippen LogP contribution in [0.25, 0.3) is 22.3 Å². The van der Waals surface area contributed by atoms with Crippen LogP contribution < -0.4 is 10.5 Å². The normalized spacial score (nSPS) is 17.1. The number of piperidine rings is 1. The molecule has 1 amide bonds. The molecule has 2 aliphatic rings. The number of aromatic nitrogens is 4. The third-order valence-corrected chi connectivity index (χ3v) is 7.46. The van der Waals surface area contributed by atoms with Crippen LogP contribution in [0, 0.1) is 35.0 Å². The first-order chi connectivity index (χ1) is 20.1. The van der Waals surface area contributed by atoms with E-state index in [0.717, 1.165) is 25.0 Å². The Morgan fingerprint density at radius 3 is 2.40 bits per heavy atom. The second kappa shape index (κ2) is 10.7. The second-order valence-electron chi connectivity index (χ2n) is 10.3. The molecule has 1 aliphatic carbocycles. The number of amides is 1. The summed E-state index contributed by atoms with van der Waals surface area (Å²) in [6.45, 7) is 0.746. The van der Waals surface area contributed by atoms with E-state index in [0.29, 0.717) is 25.0 Å². The highest BCUT2D eigenvalue weighted by Gasteiger charge is 2.34. The first-order valence-corrected chi connectivity index (χ1v) is 13.2. The van der Waals surface area contributed by atoms with Gasteiger partial charge in [-0.3, -0.25) is 9.59 Å². The van der Waals surface area contributed by atoms with Gasteiger partial charge in [0.1, 0.15) is 35.2 Å². The molecule has 2 fully saturated rings. The summed E-state index contributed by atoms with van der Waals surface area (Å²) in [5.41, 5.74) is 6.41. The minimum atomic E-state index is -1.77. The molecule has 218 valence electrons. The van der Waals surface area contributed by atoms with Gasteiger partial charge in [0.15, 0.2) is 17.3 Å². The number of ether oxygens (including phenoxy) is 1. The molecule has 1 aliphatic heterocycles. The van der Waals surface area contributed by atoms with Crippen LogP contribution in [-0.2, 0) is 9.59 Å². The molecule has 1 saturated heterocycles. The minimum absolute atomic E-state index is 0.0131. The first-order valence-electron chi connectivity index (χ1n) is 13.2. The summed E-state index contributed by atoms with van der Waals surface area (Å²) in [4.78, 5) is 34.9. The third-order valence-electron chi connectivity index (χ3n) is 7.46. The molecule has 3 heterocycles. The van der Waals surface area contributed by atoms with E-state index in [1.165, 1.54) is 12.4 Å². The summed E-state index contributed by atoms with van der Waals surface area (Å²) < 4.78 is 77.2. The van der Waals surface area contributed by atoms with Crippen molar-refractivity contribution in [1.82, 2.24) is 24.6 Å². The van der Waals surface area contributed by atoms with Crippen LogP contribution >= 0.6 is 0 Å². The smallest absolute Gasteiger partial charge is 0.230 e. The lowest BCUT2D eigenvalue weighted by Crippen LogP contribution is -2.41. The van der Waals surface area contributed by atoms with Gasteiger partial charge in [0.25, 0.3) is 0 Å². The van der Waals surface area contributed by atoms with Crippen LogP contribution in [0.1, 0.15) is 38.1 Å². The van der Waals surface area contributed by atoms with Crippen LogP contribution in [0.15, 0.2) is 30.6 Å². The maximum atomic E-state index is 15.4. The zero-order valence-corrected chi connectivity index (χ0v) is 21.9. The molecule has 0 radical (unpaired) electrons. The van der Waals surface area contributed by atoms with Gasteiger partial charge in [0.05, 0.1) is 17.8 Å². The van der Waals surface area contributed by atoms with Crippen molar-refractivity contribution in [3.05, 3.63) is 59.7 Å². The lowest BCUT2D eigenvalue weighted by atomic mass is 10.0. The number of carbonyl (C=O) groups is 2. The van der Waals surface area contributed by atoms with Crippen LogP contribution in [0.4, 0.5) is 27.8 Å². The molecule has 6 rings (SSSR count). The van der Waals surface area contributed by atoms with Gasteiger partial charge >= 0.3 is 0 Å². The van der Waals surface area contributed by atoms with Gasteiger partial charge in [-0.15, -0.1) is 0 Å². The lowest BCUT2D eigenvalue weighted by molar-refractivity contribution is -0.137. The number of hydrogen-bond acceptors (Lipinski definition) is 7. The number of anilines is 1. The molecule has 14 heteroatoms.